The van der Waals surface area contributed by atoms with E-state index in [1.54, 1.807) is 13.2 Å². The van der Waals surface area contributed by atoms with E-state index in [1.165, 1.54) is 6.07 Å². The van der Waals surface area contributed by atoms with E-state index in [9.17, 15) is 4.39 Å². The summed E-state index contributed by atoms with van der Waals surface area (Å²) in [6, 6.07) is 2.99. The van der Waals surface area contributed by atoms with Crippen molar-refractivity contribution in [1.82, 2.24) is 9.55 Å². The van der Waals surface area contributed by atoms with Crippen LogP contribution in [0.2, 0.25) is 5.02 Å². The van der Waals surface area contributed by atoms with Crippen molar-refractivity contribution in [2.45, 2.75) is 19.9 Å². The second kappa shape index (κ2) is 6.74. The van der Waals surface area contributed by atoms with Gasteiger partial charge in [-0.1, -0.05) is 18.5 Å². The molecule has 2 rings (SSSR count). The third-order valence-electron chi connectivity index (χ3n) is 3.13. The van der Waals surface area contributed by atoms with Crippen LogP contribution < -0.4 is 0 Å². The zero-order chi connectivity index (χ0) is 14.7. The van der Waals surface area contributed by atoms with Crippen molar-refractivity contribution in [3.8, 4) is 0 Å². The summed E-state index contributed by atoms with van der Waals surface area (Å²) in [6.45, 7) is 3.47. The molecule has 1 unspecified atom stereocenters. The van der Waals surface area contributed by atoms with Crippen LogP contribution >= 0.6 is 23.2 Å². The second-order valence-corrected chi connectivity index (χ2v) is 5.68. The molecule has 0 bridgehead atoms. The highest BCUT2D eigenvalue weighted by molar-refractivity contribution is 6.31. The Bertz CT molecular complexity index is 600. The summed E-state index contributed by atoms with van der Waals surface area (Å²) in [7, 11) is 1.68. The van der Waals surface area contributed by atoms with Crippen molar-refractivity contribution in [2.24, 2.45) is 5.92 Å². The maximum absolute atomic E-state index is 13.5. The van der Waals surface area contributed by atoms with Crippen LogP contribution in [0.1, 0.15) is 12.7 Å². The lowest BCUT2D eigenvalue weighted by Crippen LogP contribution is -2.15. The zero-order valence-corrected chi connectivity index (χ0v) is 13.0. The number of aromatic nitrogens is 2. The molecule has 0 saturated carbocycles. The number of benzene rings is 1. The van der Waals surface area contributed by atoms with Crippen LogP contribution in [-0.4, -0.2) is 29.1 Å². The Hall–Kier alpha value is -0.840. The van der Waals surface area contributed by atoms with Crippen LogP contribution in [0.4, 0.5) is 4.39 Å². The monoisotopic (exact) mass is 318 g/mol. The summed E-state index contributed by atoms with van der Waals surface area (Å²) in [4.78, 5) is 4.46. The minimum atomic E-state index is -0.453. The van der Waals surface area contributed by atoms with Gasteiger partial charge in [0, 0.05) is 32.0 Å². The number of halogens is 3. The predicted octanol–water partition coefficient (Wildman–Crippen LogP) is 3.89. The first-order valence-corrected chi connectivity index (χ1v) is 7.37. The molecule has 0 aliphatic carbocycles. The number of hydrogen-bond donors (Lipinski definition) is 0. The number of hydrogen-bond acceptors (Lipinski definition) is 2. The van der Waals surface area contributed by atoms with Crippen molar-refractivity contribution >= 4 is 34.2 Å². The molecule has 6 heteroatoms. The van der Waals surface area contributed by atoms with Gasteiger partial charge in [-0.3, -0.25) is 0 Å². The van der Waals surface area contributed by atoms with Crippen LogP contribution in [0.25, 0.3) is 11.0 Å². The molecule has 1 aromatic heterocycles. The van der Waals surface area contributed by atoms with Gasteiger partial charge in [-0.25, -0.2) is 9.37 Å². The molecule has 0 fully saturated rings. The molecule has 0 saturated heterocycles. The summed E-state index contributed by atoms with van der Waals surface area (Å²) in [6.07, 6.45) is 0.634. The second-order valence-electron chi connectivity index (χ2n) is 4.89. The van der Waals surface area contributed by atoms with Gasteiger partial charge < -0.3 is 9.30 Å². The maximum atomic E-state index is 13.5. The number of ether oxygens (including phenoxy) is 1. The molecular formula is C14H17Cl2FN2O. The number of alkyl halides is 1. The molecule has 110 valence electrons. The molecule has 0 aliphatic heterocycles. The van der Waals surface area contributed by atoms with E-state index in [4.69, 9.17) is 27.9 Å². The molecule has 0 aliphatic rings. The molecule has 0 amide bonds. The fraction of sp³-hybridized carbons (Fsp3) is 0.500. The fourth-order valence-corrected chi connectivity index (χ4v) is 2.62. The number of aryl methyl sites for hydroxylation is 1. The fourth-order valence-electron chi connectivity index (χ4n) is 2.30. The lowest BCUT2D eigenvalue weighted by Gasteiger charge is -2.14. The standard InChI is InChI=1S/C14H17Cl2FN2O/c1-9(8-20-2)7-19-13-5-10(16)11(17)6-12(13)18-14(19)3-4-15/h5-6,9H,3-4,7-8H2,1-2H3. The summed E-state index contributed by atoms with van der Waals surface area (Å²) in [5, 5.41) is 0.107. The number of fused-ring (bicyclic) bond motifs is 1. The minimum Gasteiger partial charge on any atom is -0.384 e. The van der Waals surface area contributed by atoms with E-state index in [0.29, 0.717) is 30.3 Å². The average molecular weight is 319 g/mol. The highest BCUT2D eigenvalue weighted by Crippen LogP contribution is 2.25. The Morgan fingerprint density at radius 2 is 2.20 bits per heavy atom. The summed E-state index contributed by atoms with van der Waals surface area (Å²) in [5.74, 6) is 1.18. The number of methoxy groups -OCH3 is 1. The van der Waals surface area contributed by atoms with Gasteiger partial charge in [0.2, 0.25) is 0 Å². The van der Waals surface area contributed by atoms with E-state index < -0.39 is 5.82 Å². The lowest BCUT2D eigenvalue weighted by molar-refractivity contribution is 0.151. The molecule has 0 radical (unpaired) electrons. The molecule has 1 atom stereocenters. The number of rotatable bonds is 6. The Kier molecular flexibility index (Phi) is 5.24. The third kappa shape index (κ3) is 3.25. The van der Waals surface area contributed by atoms with Crippen LogP contribution in [-0.2, 0) is 17.7 Å². The number of nitrogens with zero attached hydrogens (tertiary/aromatic N) is 2. The molecule has 3 nitrogen and oxygen atoms in total. The van der Waals surface area contributed by atoms with Crippen molar-refractivity contribution < 1.29 is 9.13 Å². The van der Waals surface area contributed by atoms with Crippen LogP contribution in [0.5, 0.6) is 0 Å². The van der Waals surface area contributed by atoms with Gasteiger partial charge in [0.05, 0.1) is 22.7 Å². The minimum absolute atomic E-state index is 0.107. The van der Waals surface area contributed by atoms with Gasteiger partial charge in [0.1, 0.15) is 11.6 Å². The first kappa shape index (κ1) is 15.5. The summed E-state index contributed by atoms with van der Waals surface area (Å²) < 4.78 is 20.7. The van der Waals surface area contributed by atoms with E-state index in [1.807, 2.05) is 4.57 Å². The first-order chi connectivity index (χ1) is 9.56. The SMILES string of the molecule is COCC(C)Cn1c(CCCl)nc2cc(F)c(Cl)cc21. The van der Waals surface area contributed by atoms with Crippen molar-refractivity contribution in [2.75, 3.05) is 19.6 Å². The first-order valence-electron chi connectivity index (χ1n) is 6.45. The molecule has 0 spiro atoms. The topological polar surface area (TPSA) is 27.1 Å². The average Bonchev–Trinajstić information content (AvgIpc) is 2.69. The quantitative estimate of drug-likeness (QED) is 0.755. The Morgan fingerprint density at radius 3 is 2.85 bits per heavy atom. The predicted molar refractivity (Wildman–Crippen MR) is 80.2 cm³/mol. The van der Waals surface area contributed by atoms with Crippen molar-refractivity contribution in [1.29, 1.82) is 0 Å². The van der Waals surface area contributed by atoms with Crippen molar-refractivity contribution in [3.05, 3.63) is 28.8 Å². The highest BCUT2D eigenvalue weighted by Gasteiger charge is 2.15. The zero-order valence-electron chi connectivity index (χ0n) is 11.5. The van der Waals surface area contributed by atoms with Gasteiger partial charge in [-0.15, -0.1) is 11.6 Å². The van der Waals surface area contributed by atoms with Crippen LogP contribution in [0.3, 0.4) is 0 Å². The maximum Gasteiger partial charge on any atom is 0.144 e. The molecule has 2 aromatic rings. The van der Waals surface area contributed by atoms with Gasteiger partial charge >= 0.3 is 0 Å². The summed E-state index contributed by atoms with van der Waals surface area (Å²) >= 11 is 11.7. The van der Waals surface area contributed by atoms with Gasteiger partial charge in [0.25, 0.3) is 0 Å². The normalized spacial score (nSPS) is 13.1. The Labute approximate surface area is 127 Å². The Morgan fingerprint density at radius 1 is 1.45 bits per heavy atom. The smallest absolute Gasteiger partial charge is 0.144 e. The molecule has 0 N–H and O–H groups in total. The van der Waals surface area contributed by atoms with Gasteiger partial charge in [-0.2, -0.15) is 0 Å². The van der Waals surface area contributed by atoms with Gasteiger partial charge in [0.15, 0.2) is 0 Å². The van der Waals surface area contributed by atoms with Crippen molar-refractivity contribution in [3.63, 3.8) is 0 Å². The Balaban J connectivity index is 2.47. The molecule has 1 aromatic carbocycles. The highest BCUT2D eigenvalue weighted by atomic mass is 35.5. The van der Waals surface area contributed by atoms with E-state index >= 15 is 0 Å². The van der Waals surface area contributed by atoms with E-state index in [-0.39, 0.29) is 5.02 Å². The molecular weight excluding hydrogens is 302 g/mol. The molecule has 1 heterocycles. The number of imidazole rings is 1. The van der Waals surface area contributed by atoms with E-state index in [0.717, 1.165) is 17.9 Å². The largest absolute Gasteiger partial charge is 0.384 e. The third-order valence-corrected chi connectivity index (χ3v) is 3.61. The van der Waals surface area contributed by atoms with E-state index in [2.05, 4.69) is 11.9 Å². The van der Waals surface area contributed by atoms with Gasteiger partial charge in [-0.05, 0) is 12.0 Å². The van der Waals surface area contributed by atoms with Crippen LogP contribution in [0, 0.1) is 11.7 Å². The lowest BCUT2D eigenvalue weighted by atomic mass is 10.2. The van der Waals surface area contributed by atoms with Crippen LogP contribution in [0.15, 0.2) is 12.1 Å². The molecule has 20 heavy (non-hydrogen) atoms. The summed E-state index contributed by atoms with van der Waals surface area (Å²) in [5.41, 5.74) is 1.44.